The van der Waals surface area contributed by atoms with Gasteiger partial charge in [0.25, 0.3) is 0 Å². The third-order valence-corrected chi connectivity index (χ3v) is 12.4. The van der Waals surface area contributed by atoms with Crippen LogP contribution in [-0.4, -0.2) is 9.97 Å². The second-order valence-electron chi connectivity index (χ2n) is 16.1. The minimum atomic E-state index is -0.276. The van der Waals surface area contributed by atoms with E-state index < -0.39 is 0 Å². The zero-order valence-electron chi connectivity index (χ0n) is 37.0. The van der Waals surface area contributed by atoms with Crippen molar-refractivity contribution in [1.82, 2.24) is 9.97 Å². The Balaban J connectivity index is 0.00000249. The maximum Gasteiger partial charge on any atom is 0.123 e. The maximum atomic E-state index is 13.8. The highest BCUT2D eigenvalue weighted by atomic mass is 19.1. The van der Waals surface area contributed by atoms with Crippen molar-refractivity contribution in [2.75, 3.05) is 4.90 Å². The molecule has 10 aromatic rings. The van der Waals surface area contributed by atoms with Crippen LogP contribution >= 0.6 is 0 Å². The molecule has 0 saturated carbocycles. The fourth-order valence-electron chi connectivity index (χ4n) is 9.25. The monoisotopic (exact) mass is 819 g/mol. The van der Waals surface area contributed by atoms with Crippen molar-refractivity contribution in [3.63, 3.8) is 0 Å². The molecular weight excluding hydrogens is 770 g/mol. The highest BCUT2D eigenvalue weighted by Crippen LogP contribution is 2.49. The van der Waals surface area contributed by atoms with Crippen LogP contribution in [0.2, 0.25) is 0 Å². The first-order chi connectivity index (χ1) is 30.7. The molecule has 0 amide bonds. The van der Waals surface area contributed by atoms with Gasteiger partial charge in [-0.05, 0) is 155 Å². The van der Waals surface area contributed by atoms with Crippen LogP contribution in [-0.2, 0) is 0 Å². The minimum absolute atomic E-state index is 0.276. The van der Waals surface area contributed by atoms with Gasteiger partial charge in [0.2, 0.25) is 0 Å². The van der Waals surface area contributed by atoms with Crippen LogP contribution in [0.5, 0.6) is 0 Å². The van der Waals surface area contributed by atoms with Crippen LogP contribution in [0.4, 0.5) is 21.5 Å². The molecule has 63 heavy (non-hydrogen) atoms. The quantitative estimate of drug-likeness (QED) is 0.160. The van der Waals surface area contributed by atoms with Gasteiger partial charge in [-0.2, -0.15) is 0 Å². The first kappa shape index (κ1) is 40.9. The summed E-state index contributed by atoms with van der Waals surface area (Å²) < 4.78 is 13.8. The Labute approximate surface area is 370 Å². The summed E-state index contributed by atoms with van der Waals surface area (Å²) in [5.41, 5.74) is 17.1. The molecule has 0 unspecified atom stereocenters. The van der Waals surface area contributed by atoms with Crippen molar-refractivity contribution in [1.29, 1.82) is 0 Å². The van der Waals surface area contributed by atoms with Crippen molar-refractivity contribution < 1.29 is 4.39 Å². The standard InChI is InChI=1S/C57H44FN3.C2H6/c1-35-21-22-44(33-52(35)56-39(5)59-34-53(60-56)43-23-28-45(58)29-24-43)40-25-30-46(31-26-40)61(54-20-12-15-41-13-7-9-18-50(41)54)57-37(3)48-17-10-11-19-51(48)55(38(57)4)49-32-27-42-14-6-8-16-47(42)36(49)2;1-2/h6-34H,1-5H3;1-2H3. The summed E-state index contributed by atoms with van der Waals surface area (Å²) in [5.74, 6) is -0.276. The molecule has 0 bridgehead atoms. The minimum Gasteiger partial charge on any atom is -0.309 e. The Kier molecular flexibility index (Phi) is 11.1. The van der Waals surface area contributed by atoms with E-state index in [0.717, 1.165) is 50.6 Å². The molecule has 0 N–H and O–H groups in total. The van der Waals surface area contributed by atoms with Crippen LogP contribution in [0.3, 0.4) is 0 Å². The molecule has 308 valence electrons. The van der Waals surface area contributed by atoms with Crippen LogP contribution in [0, 0.1) is 40.4 Å². The van der Waals surface area contributed by atoms with Gasteiger partial charge in [-0.25, -0.2) is 9.37 Å². The number of aromatic nitrogens is 2. The number of benzene rings is 9. The summed E-state index contributed by atoms with van der Waals surface area (Å²) in [7, 11) is 0. The molecule has 4 heteroatoms. The molecule has 0 radical (unpaired) electrons. The number of rotatable bonds is 7. The fourth-order valence-corrected chi connectivity index (χ4v) is 9.25. The lowest BCUT2D eigenvalue weighted by molar-refractivity contribution is 0.628. The molecule has 0 fully saturated rings. The SMILES string of the molecule is CC.Cc1ccc(-c2ccc(N(c3c(C)c(-c4ccc5ccccc5c4C)c4ccccc4c3C)c3cccc4ccccc34)cc2)cc1-c1nc(-c2ccc(F)cc2)cnc1C. The van der Waals surface area contributed by atoms with Crippen molar-refractivity contribution in [2.24, 2.45) is 0 Å². The van der Waals surface area contributed by atoms with Gasteiger partial charge < -0.3 is 4.90 Å². The summed E-state index contributed by atoms with van der Waals surface area (Å²) >= 11 is 0. The Morgan fingerprint density at radius 2 is 1.08 bits per heavy atom. The number of anilines is 3. The van der Waals surface area contributed by atoms with Gasteiger partial charge in [-0.15, -0.1) is 0 Å². The Hall–Kier alpha value is -7.43. The summed E-state index contributed by atoms with van der Waals surface area (Å²) in [6.45, 7) is 14.9. The molecule has 0 spiro atoms. The van der Waals surface area contributed by atoms with E-state index in [1.165, 1.54) is 78.0 Å². The molecule has 0 atom stereocenters. The normalized spacial score (nSPS) is 11.2. The Morgan fingerprint density at radius 3 is 1.81 bits per heavy atom. The number of hydrogen-bond acceptors (Lipinski definition) is 3. The highest BCUT2D eigenvalue weighted by Gasteiger charge is 2.25. The highest BCUT2D eigenvalue weighted by molar-refractivity contribution is 6.09. The summed E-state index contributed by atoms with van der Waals surface area (Å²) in [6.07, 6.45) is 1.76. The topological polar surface area (TPSA) is 29.0 Å². The third kappa shape index (κ3) is 7.42. The lowest BCUT2D eigenvalue weighted by atomic mass is 9.85. The zero-order chi connectivity index (χ0) is 43.8. The number of fused-ring (bicyclic) bond motifs is 3. The van der Waals surface area contributed by atoms with Gasteiger partial charge in [0.05, 0.1) is 34.7 Å². The van der Waals surface area contributed by atoms with Gasteiger partial charge in [0, 0.05) is 22.2 Å². The number of halogens is 1. The average molecular weight is 820 g/mol. The largest absolute Gasteiger partial charge is 0.309 e. The van der Waals surface area contributed by atoms with Crippen molar-refractivity contribution in [2.45, 2.75) is 48.5 Å². The van der Waals surface area contributed by atoms with E-state index in [1.54, 1.807) is 18.3 Å². The van der Waals surface area contributed by atoms with Crippen molar-refractivity contribution >= 4 is 49.4 Å². The van der Waals surface area contributed by atoms with Gasteiger partial charge in [0.15, 0.2) is 0 Å². The zero-order valence-corrected chi connectivity index (χ0v) is 37.0. The van der Waals surface area contributed by atoms with Crippen LogP contribution in [0.15, 0.2) is 176 Å². The van der Waals surface area contributed by atoms with E-state index in [9.17, 15) is 4.39 Å². The number of nitrogens with zero attached hydrogens (tertiary/aromatic N) is 3. The summed E-state index contributed by atoms with van der Waals surface area (Å²) in [6, 6.07) is 59.4. The molecule has 1 aromatic heterocycles. The molecule has 3 nitrogen and oxygen atoms in total. The van der Waals surface area contributed by atoms with E-state index in [-0.39, 0.29) is 5.82 Å². The second kappa shape index (κ2) is 17.1. The molecule has 0 aliphatic heterocycles. The van der Waals surface area contributed by atoms with Crippen molar-refractivity contribution in [3.05, 3.63) is 210 Å². The van der Waals surface area contributed by atoms with E-state index in [2.05, 4.69) is 178 Å². The molecule has 0 saturated heterocycles. The summed E-state index contributed by atoms with van der Waals surface area (Å²) in [5, 5.41) is 7.39. The van der Waals surface area contributed by atoms with Crippen molar-refractivity contribution in [3.8, 4) is 44.8 Å². The van der Waals surface area contributed by atoms with E-state index >= 15 is 0 Å². The fraction of sp³-hybridized carbons (Fsp3) is 0.119. The van der Waals surface area contributed by atoms with Gasteiger partial charge in [-0.1, -0.05) is 135 Å². The molecule has 0 aliphatic carbocycles. The first-order valence-electron chi connectivity index (χ1n) is 21.8. The lowest BCUT2D eigenvalue weighted by Crippen LogP contribution is -2.14. The predicted octanol–water partition coefficient (Wildman–Crippen LogP) is 16.8. The predicted molar refractivity (Wildman–Crippen MR) is 266 cm³/mol. The maximum absolute atomic E-state index is 13.8. The average Bonchev–Trinajstić information content (AvgIpc) is 3.32. The summed E-state index contributed by atoms with van der Waals surface area (Å²) in [4.78, 5) is 12.3. The smallest absolute Gasteiger partial charge is 0.123 e. The molecule has 0 aliphatic rings. The second-order valence-corrected chi connectivity index (χ2v) is 16.1. The van der Waals surface area contributed by atoms with Crippen LogP contribution in [0.1, 0.15) is 41.8 Å². The molecule has 9 aromatic carbocycles. The first-order valence-corrected chi connectivity index (χ1v) is 21.8. The van der Waals surface area contributed by atoms with Gasteiger partial charge in [0.1, 0.15) is 5.82 Å². The van der Waals surface area contributed by atoms with Gasteiger partial charge in [-0.3, -0.25) is 4.98 Å². The van der Waals surface area contributed by atoms with E-state index in [1.807, 2.05) is 20.8 Å². The number of aryl methyl sites for hydroxylation is 4. The Morgan fingerprint density at radius 1 is 0.476 bits per heavy atom. The van der Waals surface area contributed by atoms with Crippen LogP contribution in [0.25, 0.3) is 77.1 Å². The third-order valence-electron chi connectivity index (χ3n) is 12.4. The molecule has 1 heterocycles. The van der Waals surface area contributed by atoms with Gasteiger partial charge >= 0.3 is 0 Å². The van der Waals surface area contributed by atoms with E-state index in [0.29, 0.717) is 5.69 Å². The molecular formula is C59H50FN3. The van der Waals surface area contributed by atoms with Crippen LogP contribution < -0.4 is 4.90 Å². The Bertz CT molecular complexity index is 3310. The van der Waals surface area contributed by atoms with E-state index in [4.69, 9.17) is 9.97 Å². The lowest BCUT2D eigenvalue weighted by Gasteiger charge is -2.32. The molecule has 10 rings (SSSR count). The number of hydrogen-bond donors (Lipinski definition) is 0.